The van der Waals surface area contributed by atoms with Gasteiger partial charge in [0.1, 0.15) is 0 Å². The van der Waals surface area contributed by atoms with Crippen LogP contribution in [0.3, 0.4) is 0 Å². The molecule has 1 N–H and O–H groups in total. The van der Waals surface area contributed by atoms with Gasteiger partial charge in [0.15, 0.2) is 5.13 Å². The van der Waals surface area contributed by atoms with Crippen molar-refractivity contribution < 1.29 is 4.79 Å². The fraction of sp³-hybridized carbons (Fsp3) is 0.444. The Morgan fingerprint density at radius 3 is 2.88 bits per heavy atom. The molecule has 2 heterocycles. The maximum absolute atomic E-state index is 12.6. The Kier molecular flexibility index (Phi) is 5.60. The van der Waals surface area contributed by atoms with Crippen molar-refractivity contribution >= 4 is 22.4 Å². The van der Waals surface area contributed by atoms with E-state index in [1.807, 2.05) is 5.38 Å². The van der Waals surface area contributed by atoms with Crippen molar-refractivity contribution in [1.82, 2.24) is 15.2 Å². The number of thiazole rings is 1. The molecule has 0 aliphatic carbocycles. The second kappa shape index (κ2) is 7.88. The molecule has 1 aromatic heterocycles. The van der Waals surface area contributed by atoms with E-state index in [0.717, 1.165) is 31.2 Å². The number of nitrogens with zero attached hydrogens (tertiary/aromatic N) is 3. The first-order valence-electron chi connectivity index (χ1n) is 8.38. The number of rotatable bonds is 5. The normalized spacial score (nSPS) is 18.5. The molecule has 1 atom stereocenters. The monoisotopic (exact) mass is 344 g/mol. The van der Waals surface area contributed by atoms with E-state index in [1.165, 1.54) is 22.5 Å². The average Bonchev–Trinajstić information content (AvgIpc) is 3.16. The maximum atomic E-state index is 12.6. The number of aromatic nitrogens is 1. The van der Waals surface area contributed by atoms with Crippen molar-refractivity contribution in [2.75, 3.05) is 38.1 Å². The van der Waals surface area contributed by atoms with E-state index < -0.39 is 0 Å². The maximum Gasteiger partial charge on any atom is 0.242 e. The van der Waals surface area contributed by atoms with Crippen LogP contribution in [-0.4, -0.2) is 49.0 Å². The molecule has 6 heteroatoms. The van der Waals surface area contributed by atoms with Crippen molar-refractivity contribution in [2.45, 2.75) is 19.4 Å². The summed E-state index contributed by atoms with van der Waals surface area (Å²) in [4.78, 5) is 20.8. The smallest absolute Gasteiger partial charge is 0.242 e. The van der Waals surface area contributed by atoms with Crippen LogP contribution in [0, 0.1) is 0 Å². The zero-order valence-corrected chi connectivity index (χ0v) is 15.1. The highest BCUT2D eigenvalue weighted by atomic mass is 32.1. The number of hydrogen-bond acceptors (Lipinski definition) is 5. The number of piperazine rings is 1. The van der Waals surface area contributed by atoms with Gasteiger partial charge in [-0.25, -0.2) is 4.98 Å². The van der Waals surface area contributed by atoms with Gasteiger partial charge in [-0.05, 0) is 17.5 Å². The van der Waals surface area contributed by atoms with Crippen molar-refractivity contribution in [2.24, 2.45) is 0 Å². The van der Waals surface area contributed by atoms with Crippen LogP contribution >= 0.6 is 11.3 Å². The Hall–Kier alpha value is -1.76. The molecule has 0 bridgehead atoms. The molecule has 0 spiro atoms. The van der Waals surface area contributed by atoms with E-state index in [1.54, 1.807) is 18.1 Å². The third-order valence-corrected chi connectivity index (χ3v) is 5.39. The van der Waals surface area contributed by atoms with Gasteiger partial charge in [0.2, 0.25) is 5.91 Å². The lowest BCUT2D eigenvalue weighted by Gasteiger charge is -2.36. The molecule has 0 saturated carbocycles. The summed E-state index contributed by atoms with van der Waals surface area (Å²) in [6.45, 7) is 5.24. The van der Waals surface area contributed by atoms with Gasteiger partial charge in [0.25, 0.3) is 0 Å². The molecule has 128 valence electrons. The predicted octanol–water partition coefficient (Wildman–Crippen LogP) is 2.31. The molecule has 5 nitrogen and oxygen atoms in total. The Morgan fingerprint density at radius 1 is 1.42 bits per heavy atom. The number of likely N-dealkylation sites (N-methyl/N-ethyl adjacent to an activating group) is 1. The van der Waals surface area contributed by atoms with Gasteiger partial charge in [0, 0.05) is 44.3 Å². The summed E-state index contributed by atoms with van der Waals surface area (Å²) in [6.07, 6.45) is 2.77. The van der Waals surface area contributed by atoms with E-state index >= 15 is 0 Å². The summed E-state index contributed by atoms with van der Waals surface area (Å²) in [5, 5.41) is 6.09. The summed E-state index contributed by atoms with van der Waals surface area (Å²) in [7, 11) is 1.80. The van der Waals surface area contributed by atoms with Gasteiger partial charge in [-0.3, -0.25) is 14.6 Å². The van der Waals surface area contributed by atoms with Gasteiger partial charge >= 0.3 is 0 Å². The van der Waals surface area contributed by atoms with Gasteiger partial charge in [-0.15, -0.1) is 11.3 Å². The first-order chi connectivity index (χ1) is 11.7. The molecule has 1 aliphatic rings. The molecule has 24 heavy (non-hydrogen) atoms. The Labute approximate surface area is 147 Å². The summed E-state index contributed by atoms with van der Waals surface area (Å²) in [5.74, 6) is 0.0852. The minimum atomic E-state index is 0.0852. The standard InChI is InChI=1S/C18H24N4OS/c1-3-14-4-6-15(7-5-14)16-12-19-8-10-22(16)13-17(23)21(2)18-20-9-11-24-18/h4-7,9,11,16,19H,3,8,10,12-13H2,1-2H3. The van der Waals surface area contributed by atoms with Crippen LogP contribution in [0.4, 0.5) is 5.13 Å². The minimum absolute atomic E-state index is 0.0852. The lowest BCUT2D eigenvalue weighted by molar-refractivity contribution is -0.120. The molecule has 2 aromatic rings. The summed E-state index contributed by atoms with van der Waals surface area (Å²) in [6, 6.07) is 8.99. The molecular formula is C18H24N4OS. The molecule has 3 rings (SSSR count). The van der Waals surface area contributed by atoms with Crippen molar-refractivity contribution in [3.05, 3.63) is 47.0 Å². The zero-order valence-electron chi connectivity index (χ0n) is 14.2. The second-order valence-corrected chi connectivity index (χ2v) is 6.93. The van der Waals surface area contributed by atoms with Crippen LogP contribution in [-0.2, 0) is 11.2 Å². The van der Waals surface area contributed by atoms with Crippen LogP contribution in [0.5, 0.6) is 0 Å². The van der Waals surface area contributed by atoms with Gasteiger partial charge in [-0.2, -0.15) is 0 Å². The van der Waals surface area contributed by atoms with Gasteiger partial charge in [0.05, 0.1) is 6.54 Å². The fourth-order valence-corrected chi connectivity index (χ4v) is 3.63. The first kappa shape index (κ1) is 17.1. The van der Waals surface area contributed by atoms with E-state index in [-0.39, 0.29) is 11.9 Å². The number of hydrogen-bond donors (Lipinski definition) is 1. The SMILES string of the molecule is CCc1ccc(C2CNCCN2CC(=O)N(C)c2nccs2)cc1. The summed E-state index contributed by atoms with van der Waals surface area (Å²) >= 11 is 1.49. The largest absolute Gasteiger partial charge is 0.314 e. The highest BCUT2D eigenvalue weighted by Crippen LogP contribution is 2.23. The third kappa shape index (κ3) is 3.83. The fourth-order valence-electron chi connectivity index (χ4n) is 3.01. The number of anilines is 1. The van der Waals surface area contributed by atoms with Crippen LogP contribution < -0.4 is 10.2 Å². The highest BCUT2D eigenvalue weighted by molar-refractivity contribution is 7.13. The summed E-state index contributed by atoms with van der Waals surface area (Å²) < 4.78 is 0. The molecule has 1 aromatic carbocycles. The Bertz CT molecular complexity index is 656. The predicted molar refractivity (Wildman–Crippen MR) is 98.5 cm³/mol. The Morgan fingerprint density at radius 2 is 2.21 bits per heavy atom. The zero-order chi connectivity index (χ0) is 16.9. The molecule has 1 saturated heterocycles. The molecule has 1 aliphatic heterocycles. The van der Waals surface area contributed by atoms with E-state index in [0.29, 0.717) is 6.54 Å². The summed E-state index contributed by atoms with van der Waals surface area (Å²) in [5.41, 5.74) is 2.61. The van der Waals surface area contributed by atoms with Crippen LogP contribution in [0.25, 0.3) is 0 Å². The van der Waals surface area contributed by atoms with Gasteiger partial charge < -0.3 is 5.32 Å². The second-order valence-electron chi connectivity index (χ2n) is 6.05. The lowest BCUT2D eigenvalue weighted by Crippen LogP contribution is -2.49. The molecular weight excluding hydrogens is 320 g/mol. The van der Waals surface area contributed by atoms with Crippen LogP contribution in [0.15, 0.2) is 35.8 Å². The van der Waals surface area contributed by atoms with E-state index in [4.69, 9.17) is 0 Å². The van der Waals surface area contributed by atoms with Crippen molar-refractivity contribution in [1.29, 1.82) is 0 Å². The Balaban J connectivity index is 1.70. The van der Waals surface area contributed by atoms with Crippen molar-refractivity contribution in [3.63, 3.8) is 0 Å². The number of nitrogens with one attached hydrogen (secondary N) is 1. The number of aryl methyl sites for hydroxylation is 1. The first-order valence-corrected chi connectivity index (χ1v) is 9.26. The third-order valence-electron chi connectivity index (χ3n) is 4.55. The quantitative estimate of drug-likeness (QED) is 0.904. The van der Waals surface area contributed by atoms with E-state index in [9.17, 15) is 4.79 Å². The van der Waals surface area contributed by atoms with Crippen LogP contribution in [0.1, 0.15) is 24.1 Å². The number of carbonyl (C=O) groups excluding carboxylic acids is 1. The molecule has 1 amide bonds. The molecule has 1 fully saturated rings. The van der Waals surface area contributed by atoms with Crippen molar-refractivity contribution in [3.8, 4) is 0 Å². The topological polar surface area (TPSA) is 48.5 Å². The lowest BCUT2D eigenvalue weighted by atomic mass is 10.0. The number of benzene rings is 1. The van der Waals surface area contributed by atoms with Crippen LogP contribution in [0.2, 0.25) is 0 Å². The minimum Gasteiger partial charge on any atom is -0.314 e. The number of amides is 1. The van der Waals surface area contributed by atoms with Gasteiger partial charge in [-0.1, -0.05) is 31.2 Å². The molecule has 0 radical (unpaired) electrons. The van der Waals surface area contributed by atoms with E-state index in [2.05, 4.69) is 46.4 Å². The molecule has 1 unspecified atom stereocenters. The highest BCUT2D eigenvalue weighted by Gasteiger charge is 2.27. The number of carbonyl (C=O) groups is 1. The average molecular weight is 344 g/mol.